The number of anilines is 1. The van der Waals surface area contributed by atoms with Crippen molar-refractivity contribution >= 4 is 23.4 Å². The van der Waals surface area contributed by atoms with Gasteiger partial charge in [-0.25, -0.2) is 0 Å². The normalized spacial score (nSPS) is 23.1. The zero-order valence-electron chi connectivity index (χ0n) is 28.6. The molecule has 1 heterocycles. The fraction of sp³-hybridized carbons (Fsp3) is 0.743. The predicted octanol–water partition coefficient (Wildman–Crippen LogP) is 4.80. The minimum absolute atomic E-state index is 0.00754. The third-order valence-corrected chi connectivity index (χ3v) is 9.17. The van der Waals surface area contributed by atoms with E-state index in [1.54, 1.807) is 28.0 Å². The number of hydrogen-bond donors (Lipinski definition) is 2. The van der Waals surface area contributed by atoms with Crippen molar-refractivity contribution in [1.29, 1.82) is 0 Å². The summed E-state index contributed by atoms with van der Waals surface area (Å²) in [6, 6.07) is 4.83. The van der Waals surface area contributed by atoms with Gasteiger partial charge in [-0.15, -0.1) is 0 Å². The minimum Gasteiger partial charge on any atom is -0.490 e. The van der Waals surface area contributed by atoms with Gasteiger partial charge in [0, 0.05) is 50.7 Å². The molecule has 3 amide bonds. The Balaban J connectivity index is 1.87. The number of benzene rings is 1. The number of fused-ring (bicyclic) bond motifs is 1. The van der Waals surface area contributed by atoms with Crippen molar-refractivity contribution < 1.29 is 29.0 Å². The molecule has 1 aromatic carbocycles. The number of carbonyl (C=O) groups is 3. The maximum atomic E-state index is 14.3. The van der Waals surface area contributed by atoms with E-state index in [4.69, 9.17) is 9.47 Å². The van der Waals surface area contributed by atoms with Gasteiger partial charge in [0.2, 0.25) is 11.8 Å². The van der Waals surface area contributed by atoms with Gasteiger partial charge in [-0.1, -0.05) is 26.2 Å². The van der Waals surface area contributed by atoms with Crippen LogP contribution in [0.15, 0.2) is 18.2 Å². The van der Waals surface area contributed by atoms with Crippen LogP contribution in [-0.4, -0.2) is 110 Å². The van der Waals surface area contributed by atoms with Crippen LogP contribution in [0.25, 0.3) is 0 Å². The molecule has 0 spiro atoms. The van der Waals surface area contributed by atoms with E-state index in [-0.39, 0.29) is 48.4 Å². The largest absolute Gasteiger partial charge is 0.490 e. The summed E-state index contributed by atoms with van der Waals surface area (Å²) in [4.78, 5) is 45.8. The Kier molecular flexibility index (Phi) is 15.1. The second-order valence-electron chi connectivity index (χ2n) is 13.5. The van der Waals surface area contributed by atoms with E-state index < -0.39 is 6.04 Å². The number of hydrogen-bond acceptors (Lipinski definition) is 7. The second kappa shape index (κ2) is 18.5. The Morgan fingerprint density at radius 1 is 1.07 bits per heavy atom. The highest BCUT2D eigenvalue weighted by molar-refractivity contribution is 6.00. The molecule has 0 aromatic heterocycles. The van der Waals surface area contributed by atoms with Crippen LogP contribution in [0.1, 0.15) is 95.3 Å². The first-order chi connectivity index (χ1) is 21.5. The molecular weight excluding hydrogens is 572 g/mol. The number of rotatable bonds is 10. The average Bonchev–Trinajstić information content (AvgIpc) is 3.02. The smallest absolute Gasteiger partial charge is 0.258 e. The number of aliphatic hydroxyl groups excluding tert-OH is 1. The predicted molar refractivity (Wildman–Crippen MR) is 178 cm³/mol. The maximum Gasteiger partial charge on any atom is 0.258 e. The Bertz CT molecular complexity index is 1090. The summed E-state index contributed by atoms with van der Waals surface area (Å²) in [5.74, 6) is 0.127. The Morgan fingerprint density at radius 2 is 1.78 bits per heavy atom. The van der Waals surface area contributed by atoms with E-state index in [1.165, 1.54) is 6.42 Å². The van der Waals surface area contributed by atoms with Crippen molar-refractivity contribution in [3.63, 3.8) is 0 Å². The van der Waals surface area contributed by atoms with Crippen molar-refractivity contribution in [2.75, 3.05) is 59.3 Å². The first kappa shape index (κ1) is 36.8. The number of nitrogens with zero attached hydrogens (tertiary/aromatic N) is 3. The van der Waals surface area contributed by atoms with Gasteiger partial charge in [-0.05, 0) is 91.2 Å². The average molecular weight is 631 g/mol. The Labute approximate surface area is 270 Å². The summed E-state index contributed by atoms with van der Waals surface area (Å²) in [5.41, 5.74) is 0.925. The summed E-state index contributed by atoms with van der Waals surface area (Å²) in [6.45, 7) is 7.78. The van der Waals surface area contributed by atoms with Gasteiger partial charge in [0.15, 0.2) is 0 Å². The van der Waals surface area contributed by atoms with Gasteiger partial charge in [-0.2, -0.15) is 0 Å². The molecular formula is C35H58N4O6. The van der Waals surface area contributed by atoms with E-state index >= 15 is 0 Å². The quantitative estimate of drug-likeness (QED) is 0.382. The molecule has 254 valence electrons. The van der Waals surface area contributed by atoms with Crippen LogP contribution in [-0.2, 0) is 14.3 Å². The van der Waals surface area contributed by atoms with Crippen LogP contribution in [0.5, 0.6) is 5.75 Å². The fourth-order valence-corrected chi connectivity index (χ4v) is 6.18. The van der Waals surface area contributed by atoms with Crippen LogP contribution in [0, 0.1) is 11.8 Å². The lowest BCUT2D eigenvalue weighted by molar-refractivity contribution is -0.132. The topological polar surface area (TPSA) is 112 Å². The van der Waals surface area contributed by atoms with E-state index in [0.29, 0.717) is 43.1 Å². The molecule has 0 radical (unpaired) electrons. The molecule has 1 fully saturated rings. The first-order valence-electron chi connectivity index (χ1n) is 17.0. The van der Waals surface area contributed by atoms with E-state index in [2.05, 4.69) is 10.2 Å². The molecule has 4 atom stereocenters. The zero-order valence-corrected chi connectivity index (χ0v) is 28.6. The van der Waals surface area contributed by atoms with Crippen molar-refractivity contribution in [2.45, 2.75) is 103 Å². The van der Waals surface area contributed by atoms with Crippen LogP contribution in [0.4, 0.5) is 5.69 Å². The number of aliphatic hydroxyl groups is 1. The molecule has 1 saturated carbocycles. The van der Waals surface area contributed by atoms with Crippen molar-refractivity contribution in [1.82, 2.24) is 14.7 Å². The highest BCUT2D eigenvalue weighted by Gasteiger charge is 2.31. The van der Waals surface area contributed by atoms with Gasteiger partial charge in [-0.3, -0.25) is 14.4 Å². The molecule has 0 bridgehead atoms. The molecule has 2 aliphatic rings. The molecule has 0 unspecified atom stereocenters. The first-order valence-corrected chi connectivity index (χ1v) is 17.0. The number of likely N-dealkylation sites (N-methyl/N-ethyl adjacent to an activating group) is 1. The standard InChI is InChI=1S/C35H58N4O6/c1-25-22-39(26(2)24-40)35(43)30-21-29(36-34(42)28-14-8-7-9-15-28)17-18-31(30)45-27(3)13-10-11-20-44-32(25)23-38(6)33(41)16-12-19-37(4)5/h17-18,21,25-28,32,40H,7-16,19-20,22-24H2,1-6H3,(H,36,42)/t25-,26+,27-,32+/m0/s1. The van der Waals surface area contributed by atoms with Gasteiger partial charge in [0.25, 0.3) is 5.91 Å². The molecule has 10 nitrogen and oxygen atoms in total. The number of carbonyl (C=O) groups excluding carboxylic acids is 3. The summed E-state index contributed by atoms with van der Waals surface area (Å²) in [7, 11) is 5.81. The molecule has 10 heteroatoms. The van der Waals surface area contributed by atoms with Gasteiger partial charge in [0.1, 0.15) is 5.75 Å². The highest BCUT2D eigenvalue weighted by Crippen LogP contribution is 2.30. The third-order valence-electron chi connectivity index (χ3n) is 9.17. The van der Waals surface area contributed by atoms with Crippen LogP contribution < -0.4 is 10.1 Å². The van der Waals surface area contributed by atoms with Gasteiger partial charge < -0.3 is 34.6 Å². The minimum atomic E-state index is -0.468. The molecule has 3 rings (SSSR count). The SMILES string of the molecule is C[C@H](CO)N1C[C@H](C)[C@@H](CN(C)C(=O)CCCN(C)C)OCCCC[C@H](C)Oc2ccc(NC(=O)C3CCCCC3)cc2C1=O. The summed E-state index contributed by atoms with van der Waals surface area (Å²) >= 11 is 0. The molecule has 1 aliphatic carbocycles. The van der Waals surface area contributed by atoms with Crippen LogP contribution in [0.3, 0.4) is 0 Å². The molecule has 0 saturated heterocycles. The highest BCUT2D eigenvalue weighted by atomic mass is 16.5. The third kappa shape index (κ3) is 11.6. The maximum absolute atomic E-state index is 14.3. The van der Waals surface area contributed by atoms with Gasteiger partial charge in [0.05, 0.1) is 30.4 Å². The lowest BCUT2D eigenvalue weighted by Crippen LogP contribution is -2.48. The Hall–Kier alpha value is -2.69. The Morgan fingerprint density at radius 3 is 2.47 bits per heavy atom. The molecule has 45 heavy (non-hydrogen) atoms. The molecule has 1 aromatic rings. The second-order valence-corrected chi connectivity index (χ2v) is 13.5. The van der Waals surface area contributed by atoms with E-state index in [9.17, 15) is 19.5 Å². The summed E-state index contributed by atoms with van der Waals surface area (Å²) < 4.78 is 12.7. The number of ether oxygens (including phenoxy) is 2. The van der Waals surface area contributed by atoms with E-state index in [0.717, 1.165) is 57.9 Å². The lowest BCUT2D eigenvalue weighted by atomic mass is 9.88. The zero-order chi connectivity index (χ0) is 32.9. The molecule has 2 N–H and O–H groups in total. The fourth-order valence-electron chi connectivity index (χ4n) is 6.18. The summed E-state index contributed by atoms with van der Waals surface area (Å²) in [5, 5.41) is 13.3. The van der Waals surface area contributed by atoms with Crippen LogP contribution >= 0.6 is 0 Å². The monoisotopic (exact) mass is 630 g/mol. The van der Waals surface area contributed by atoms with Crippen molar-refractivity contribution in [2.24, 2.45) is 11.8 Å². The lowest BCUT2D eigenvalue weighted by Gasteiger charge is -2.36. The van der Waals surface area contributed by atoms with E-state index in [1.807, 2.05) is 41.9 Å². The van der Waals surface area contributed by atoms with Gasteiger partial charge >= 0.3 is 0 Å². The van der Waals surface area contributed by atoms with Crippen molar-refractivity contribution in [3.05, 3.63) is 23.8 Å². The number of amides is 3. The van der Waals surface area contributed by atoms with Crippen molar-refractivity contribution in [3.8, 4) is 5.75 Å². The van der Waals surface area contributed by atoms with Crippen LogP contribution in [0.2, 0.25) is 0 Å². The molecule has 1 aliphatic heterocycles. The number of nitrogens with one attached hydrogen (secondary N) is 1. The summed E-state index contributed by atoms with van der Waals surface area (Å²) in [6.07, 6.45) is 8.43.